The third-order valence-corrected chi connectivity index (χ3v) is 13.8. The number of fused-ring (bicyclic) bond motifs is 3. The molecular weight excluding hydrogens is 871 g/mol. The predicted molar refractivity (Wildman–Crippen MR) is 272 cm³/mol. The van der Waals surface area contributed by atoms with Crippen molar-refractivity contribution in [3.8, 4) is 11.5 Å². The van der Waals surface area contributed by atoms with Gasteiger partial charge in [-0.05, 0) is 98.6 Å². The molecule has 3 aromatic rings. The molecule has 0 saturated carbocycles. The van der Waals surface area contributed by atoms with Crippen molar-refractivity contribution >= 4 is 35.2 Å². The average molecular weight is 942 g/mol. The maximum absolute atomic E-state index is 13.3. The zero-order valence-corrected chi connectivity index (χ0v) is 41.2. The maximum atomic E-state index is 13.3. The molecule has 0 aliphatic carbocycles. The van der Waals surface area contributed by atoms with E-state index in [9.17, 15) is 24.6 Å². The van der Waals surface area contributed by atoms with E-state index in [1.807, 2.05) is 18.2 Å². The van der Waals surface area contributed by atoms with Gasteiger partial charge in [0.15, 0.2) is 6.61 Å². The number of phenolic OH excluding ortho intramolecular Hbond substituents is 2. The van der Waals surface area contributed by atoms with E-state index < -0.39 is 17.8 Å². The van der Waals surface area contributed by atoms with Crippen molar-refractivity contribution in [2.45, 2.75) is 115 Å². The highest BCUT2D eigenvalue weighted by Crippen LogP contribution is 2.48. The Balaban J connectivity index is 0.929. The minimum Gasteiger partial charge on any atom is -0.508 e. The van der Waals surface area contributed by atoms with Gasteiger partial charge >= 0.3 is 5.97 Å². The number of ether oxygens (including phenoxy) is 2. The number of aromatic hydroxyl groups is 2. The van der Waals surface area contributed by atoms with Crippen molar-refractivity contribution in [3.63, 3.8) is 0 Å². The largest absolute Gasteiger partial charge is 0.508 e. The second-order valence-electron chi connectivity index (χ2n) is 19.6. The molecule has 0 spiro atoms. The lowest BCUT2D eigenvalue weighted by Crippen LogP contribution is -2.39. The molecule has 3 aromatic carbocycles. The number of anilines is 2. The van der Waals surface area contributed by atoms with E-state index in [1.165, 1.54) is 40.3 Å². The van der Waals surface area contributed by atoms with Gasteiger partial charge in [-0.3, -0.25) is 19.9 Å². The molecule has 3 atom stereocenters. The molecule has 0 aromatic heterocycles. The fraction of sp³-hybridized carbons (Fsp3) is 0.446. The quantitative estimate of drug-likeness (QED) is 0.0500. The van der Waals surface area contributed by atoms with Gasteiger partial charge in [-0.1, -0.05) is 94.5 Å². The number of piperidine rings is 1. The molecule has 4 heterocycles. The van der Waals surface area contributed by atoms with Crippen molar-refractivity contribution in [3.05, 3.63) is 137 Å². The van der Waals surface area contributed by atoms with E-state index in [0.717, 1.165) is 44.7 Å². The monoisotopic (exact) mass is 942 g/mol. The lowest BCUT2D eigenvalue weighted by Gasteiger charge is -2.30. The third-order valence-electron chi connectivity index (χ3n) is 13.8. The number of likely N-dealkylation sites (N-methyl/N-ethyl adjacent to an activating group) is 1. The summed E-state index contributed by atoms with van der Waals surface area (Å²) in [5, 5.41) is 24.1. The molecule has 2 unspecified atom stereocenters. The van der Waals surface area contributed by atoms with Crippen LogP contribution < -0.4 is 20.6 Å². The van der Waals surface area contributed by atoms with Crippen LogP contribution in [-0.4, -0.2) is 97.6 Å². The average Bonchev–Trinajstić information content (AvgIpc) is 3.65. The number of amides is 2. The van der Waals surface area contributed by atoms with E-state index >= 15 is 0 Å². The summed E-state index contributed by atoms with van der Waals surface area (Å²) in [5.41, 5.74) is 9.46. The predicted octanol–water partition coefficient (Wildman–Crippen LogP) is 9.13. The Labute approximate surface area is 408 Å². The molecular formula is C56H71N5O8. The second kappa shape index (κ2) is 22.9. The first-order chi connectivity index (χ1) is 33.1. The van der Waals surface area contributed by atoms with Crippen LogP contribution in [0.2, 0.25) is 0 Å². The molecule has 1 fully saturated rings. The number of esters is 1. The van der Waals surface area contributed by atoms with Crippen molar-refractivity contribution in [2.24, 2.45) is 0 Å². The van der Waals surface area contributed by atoms with Crippen LogP contribution in [-0.2, 0) is 34.7 Å². The number of carbonyl (C=O) groups is 3. The van der Waals surface area contributed by atoms with Crippen LogP contribution in [0.3, 0.4) is 0 Å². The maximum Gasteiger partial charge on any atom is 0.342 e. The highest BCUT2D eigenvalue weighted by molar-refractivity contribution is 5.97. The van der Waals surface area contributed by atoms with Crippen LogP contribution >= 0.6 is 0 Å². The van der Waals surface area contributed by atoms with E-state index in [0.29, 0.717) is 44.6 Å². The Bertz CT molecular complexity index is 2460. The van der Waals surface area contributed by atoms with Gasteiger partial charge in [0.25, 0.3) is 5.91 Å². The number of unbranched alkanes of at least 4 members (excludes halogenated alkanes) is 1. The topological polar surface area (TPSA) is 153 Å². The Kier molecular flexibility index (Phi) is 16.8. The standard InChI is InChI=1S/C56H71N5O8/c1-39-19-16-21-43(22-17-20-41(58-68-38-52(65)60-31-13-7-14-32-60)35-40-36-42(62)37-48(63)53(40)54(66)69-39)67-34-30-57-51(64)29-12-15-33-61-47-26-11-9-24-45(47)56(4,5)50(61)28-18-27-49-55(2,3)44-23-8-10-25-46(44)59(49)6/h8-11,16-18,20-21,23-28,35-37,39,43,49,58,62-63H,7,12-15,19,22,29-34,38H2,1-6H3,(H,57,64)/b20-17?,21-16?,27-18?,41-35-,50-28?/t39-,43?,49?/m1/s1. The molecule has 7 rings (SSSR count). The number of nitrogens with one attached hydrogen (secondary N) is 2. The fourth-order valence-electron chi connectivity index (χ4n) is 10.1. The van der Waals surface area contributed by atoms with Crippen LogP contribution in [0.5, 0.6) is 11.5 Å². The van der Waals surface area contributed by atoms with Gasteiger partial charge in [-0.2, -0.15) is 0 Å². The molecule has 2 amide bonds. The molecule has 4 aliphatic rings. The van der Waals surface area contributed by atoms with E-state index in [1.54, 1.807) is 17.9 Å². The summed E-state index contributed by atoms with van der Waals surface area (Å²) in [6.45, 7) is 13.5. The first-order valence-electron chi connectivity index (χ1n) is 24.6. The molecule has 4 N–H and O–H groups in total. The van der Waals surface area contributed by atoms with Gasteiger partial charge in [0, 0.05) is 80.0 Å². The molecule has 69 heavy (non-hydrogen) atoms. The fourth-order valence-corrected chi connectivity index (χ4v) is 10.1. The summed E-state index contributed by atoms with van der Waals surface area (Å²) >= 11 is 0. The first kappa shape index (κ1) is 50.6. The van der Waals surface area contributed by atoms with Crippen LogP contribution in [0, 0.1) is 0 Å². The number of hydrogen-bond donors (Lipinski definition) is 4. The minimum absolute atomic E-state index is 0.0259. The molecule has 0 radical (unpaired) electrons. The number of nitrogens with zero attached hydrogens (tertiary/aromatic N) is 3. The van der Waals surface area contributed by atoms with E-state index in [4.69, 9.17) is 14.3 Å². The number of rotatable bonds is 15. The third kappa shape index (κ3) is 12.3. The first-order valence-corrected chi connectivity index (χ1v) is 24.6. The Morgan fingerprint density at radius 2 is 1.67 bits per heavy atom. The smallest absolute Gasteiger partial charge is 0.342 e. The number of hydrogen-bond acceptors (Lipinski definition) is 11. The van der Waals surface area contributed by atoms with Crippen LogP contribution in [0.25, 0.3) is 6.08 Å². The van der Waals surface area contributed by atoms with Gasteiger partial charge in [0.05, 0.1) is 24.4 Å². The number of carbonyl (C=O) groups excluding carboxylic acids is 3. The summed E-state index contributed by atoms with van der Waals surface area (Å²) in [6.07, 6.45) is 20.6. The summed E-state index contributed by atoms with van der Waals surface area (Å²) in [5.74, 6) is -1.61. The number of phenols is 2. The summed E-state index contributed by atoms with van der Waals surface area (Å²) < 4.78 is 11.9. The SMILES string of the molecule is C[C@@H]1CC=CC(OCCNC(=O)CCCCN2C(=CC=CC3N(C)c4ccccc4C3(C)C)C(C)(C)c3ccccc32)CC=C/C(NOCC(=O)N2CCCCC2)=C/c2cc(O)cc(O)c2C(=O)O1. The van der Waals surface area contributed by atoms with Crippen molar-refractivity contribution in [1.82, 2.24) is 15.7 Å². The highest BCUT2D eigenvalue weighted by atomic mass is 16.6. The Morgan fingerprint density at radius 3 is 2.43 bits per heavy atom. The number of allylic oxidation sites excluding steroid dienone is 4. The van der Waals surface area contributed by atoms with Crippen molar-refractivity contribution in [2.75, 3.05) is 56.2 Å². The number of cyclic esters (lactones) is 1. The normalized spacial score (nSPS) is 22.4. The summed E-state index contributed by atoms with van der Waals surface area (Å²) in [6, 6.07) is 20.0. The molecule has 0 bridgehead atoms. The molecule has 368 valence electrons. The Morgan fingerprint density at radius 1 is 0.928 bits per heavy atom. The minimum atomic E-state index is -0.761. The van der Waals surface area contributed by atoms with Gasteiger partial charge in [-0.15, -0.1) is 0 Å². The Hall–Kier alpha value is -6.31. The number of benzene rings is 3. The van der Waals surface area contributed by atoms with E-state index in [-0.39, 0.29) is 64.9 Å². The van der Waals surface area contributed by atoms with Crippen molar-refractivity contribution < 1.29 is 38.9 Å². The number of likely N-dealkylation sites (tertiary alicyclic amines) is 1. The van der Waals surface area contributed by atoms with Crippen LogP contribution in [0.15, 0.2) is 115 Å². The lowest BCUT2D eigenvalue weighted by atomic mass is 9.80. The van der Waals surface area contributed by atoms with Crippen LogP contribution in [0.4, 0.5) is 11.4 Å². The molecule has 1 saturated heterocycles. The molecule has 13 nitrogen and oxygen atoms in total. The lowest BCUT2D eigenvalue weighted by molar-refractivity contribution is -0.139. The second-order valence-corrected chi connectivity index (χ2v) is 19.6. The summed E-state index contributed by atoms with van der Waals surface area (Å²) in [7, 11) is 2.18. The summed E-state index contributed by atoms with van der Waals surface area (Å²) in [4.78, 5) is 51.5. The van der Waals surface area contributed by atoms with E-state index in [2.05, 4.69) is 122 Å². The number of hydroxylamine groups is 1. The molecule has 13 heteroatoms. The number of para-hydroxylation sites is 2. The van der Waals surface area contributed by atoms with Gasteiger partial charge in [-0.25, -0.2) is 4.79 Å². The van der Waals surface area contributed by atoms with Gasteiger partial charge in [0.1, 0.15) is 23.2 Å². The zero-order chi connectivity index (χ0) is 49.1. The van der Waals surface area contributed by atoms with Crippen molar-refractivity contribution in [1.29, 1.82) is 0 Å². The highest BCUT2D eigenvalue weighted by Gasteiger charge is 2.42. The van der Waals surface area contributed by atoms with Gasteiger partial charge in [0.2, 0.25) is 5.91 Å². The molecule has 4 aliphatic heterocycles. The van der Waals surface area contributed by atoms with Crippen LogP contribution in [0.1, 0.15) is 113 Å². The van der Waals surface area contributed by atoms with Gasteiger partial charge < -0.3 is 39.7 Å². The zero-order valence-electron chi connectivity index (χ0n) is 41.2.